The summed E-state index contributed by atoms with van der Waals surface area (Å²) in [5.41, 5.74) is -0.0833. The molecule has 1 aromatic heterocycles. The van der Waals surface area contributed by atoms with E-state index in [1.165, 1.54) is 23.2 Å². The molecule has 0 aromatic carbocycles. The Bertz CT molecular complexity index is 724. The van der Waals surface area contributed by atoms with Gasteiger partial charge in [-0.3, -0.25) is 14.9 Å². The minimum absolute atomic E-state index is 0.0833. The van der Waals surface area contributed by atoms with E-state index < -0.39 is 26.4 Å². The number of nitrogens with zero attached hydrogens (tertiary/aromatic N) is 4. The lowest BCUT2D eigenvalue weighted by molar-refractivity contribution is -0.385. The lowest BCUT2D eigenvalue weighted by Gasteiger charge is -2.35. The van der Waals surface area contributed by atoms with Crippen molar-refractivity contribution in [1.82, 2.24) is 9.88 Å². The van der Waals surface area contributed by atoms with Gasteiger partial charge in [0, 0.05) is 32.2 Å². The van der Waals surface area contributed by atoms with Crippen molar-refractivity contribution in [2.45, 2.75) is 0 Å². The van der Waals surface area contributed by atoms with Crippen molar-refractivity contribution in [3.63, 3.8) is 0 Å². The summed E-state index contributed by atoms with van der Waals surface area (Å²) in [7, 11) is -3.46. The van der Waals surface area contributed by atoms with E-state index in [1.54, 1.807) is 6.07 Å². The van der Waals surface area contributed by atoms with Crippen molar-refractivity contribution in [2.75, 3.05) is 42.6 Å². The number of hydrogen-bond donors (Lipinski definition) is 0. The standard InChI is InChI=1S/C14H18N4O5S/c1-2-9-24(22,23)11-14(19)17-7-5-16(6-8-17)13-4-3-12(10-15-13)18(20)21/h2-4,10H,1,5-9,11H2. The molecule has 0 atom stereocenters. The molecule has 130 valence electrons. The Morgan fingerprint density at radius 1 is 1.33 bits per heavy atom. The number of carbonyl (C=O) groups excluding carboxylic acids is 1. The Kier molecular flexibility index (Phi) is 5.50. The van der Waals surface area contributed by atoms with Gasteiger partial charge in [-0.2, -0.15) is 0 Å². The summed E-state index contributed by atoms with van der Waals surface area (Å²) in [6, 6.07) is 2.94. The van der Waals surface area contributed by atoms with Crippen molar-refractivity contribution >= 4 is 27.2 Å². The number of hydrogen-bond acceptors (Lipinski definition) is 7. The molecule has 0 bridgehead atoms. The van der Waals surface area contributed by atoms with E-state index in [0.29, 0.717) is 32.0 Å². The molecule has 1 aromatic rings. The van der Waals surface area contributed by atoms with Crippen molar-refractivity contribution in [1.29, 1.82) is 0 Å². The van der Waals surface area contributed by atoms with Gasteiger partial charge < -0.3 is 9.80 Å². The van der Waals surface area contributed by atoms with E-state index in [-0.39, 0.29) is 11.4 Å². The number of aromatic nitrogens is 1. The molecule has 24 heavy (non-hydrogen) atoms. The first-order chi connectivity index (χ1) is 11.3. The van der Waals surface area contributed by atoms with Gasteiger partial charge in [-0.1, -0.05) is 6.08 Å². The van der Waals surface area contributed by atoms with Gasteiger partial charge in [0.1, 0.15) is 17.8 Å². The molecule has 10 heteroatoms. The molecule has 1 aliphatic rings. The first kappa shape index (κ1) is 17.9. The Morgan fingerprint density at radius 3 is 2.50 bits per heavy atom. The highest BCUT2D eigenvalue weighted by Crippen LogP contribution is 2.17. The fourth-order valence-corrected chi connectivity index (χ4v) is 3.41. The quantitative estimate of drug-likeness (QED) is 0.408. The molecule has 1 saturated heterocycles. The van der Waals surface area contributed by atoms with Crippen LogP contribution in [0.3, 0.4) is 0 Å². The molecule has 0 unspecified atom stereocenters. The maximum atomic E-state index is 12.1. The number of sulfone groups is 1. The van der Waals surface area contributed by atoms with Crippen LogP contribution in [-0.4, -0.2) is 66.8 Å². The van der Waals surface area contributed by atoms with Crippen LogP contribution in [0.25, 0.3) is 0 Å². The molecule has 0 spiro atoms. The molecule has 2 heterocycles. The van der Waals surface area contributed by atoms with Crippen LogP contribution in [0.4, 0.5) is 11.5 Å². The molecule has 1 amide bonds. The Morgan fingerprint density at radius 2 is 2.00 bits per heavy atom. The summed E-state index contributed by atoms with van der Waals surface area (Å²) >= 11 is 0. The van der Waals surface area contributed by atoms with Crippen molar-refractivity contribution in [2.24, 2.45) is 0 Å². The molecule has 1 fully saturated rings. The number of carbonyl (C=O) groups is 1. The third-order valence-electron chi connectivity index (χ3n) is 3.61. The van der Waals surface area contributed by atoms with Gasteiger partial charge in [0.2, 0.25) is 5.91 Å². The van der Waals surface area contributed by atoms with Crippen molar-refractivity contribution in [3.05, 3.63) is 41.1 Å². The van der Waals surface area contributed by atoms with Crippen molar-refractivity contribution in [3.8, 4) is 0 Å². The number of nitro groups is 1. The summed E-state index contributed by atoms with van der Waals surface area (Å²) in [5.74, 6) is -0.569. The SMILES string of the molecule is C=CCS(=O)(=O)CC(=O)N1CCN(c2ccc([N+](=O)[O-])cn2)CC1. The predicted molar refractivity (Wildman–Crippen MR) is 88.5 cm³/mol. The number of pyridine rings is 1. The van der Waals surface area contributed by atoms with E-state index in [4.69, 9.17) is 0 Å². The molecule has 9 nitrogen and oxygen atoms in total. The zero-order chi connectivity index (χ0) is 17.7. The minimum Gasteiger partial charge on any atom is -0.353 e. The van der Waals surface area contributed by atoms with E-state index in [0.717, 1.165) is 0 Å². The molecule has 0 aliphatic carbocycles. The van der Waals surface area contributed by atoms with Crippen LogP contribution in [-0.2, 0) is 14.6 Å². The lowest BCUT2D eigenvalue weighted by Crippen LogP contribution is -2.50. The van der Waals surface area contributed by atoms with Crippen LogP contribution in [0, 0.1) is 10.1 Å². The van der Waals surface area contributed by atoms with Crippen LogP contribution >= 0.6 is 0 Å². The molecule has 1 aliphatic heterocycles. The highest BCUT2D eigenvalue weighted by molar-refractivity contribution is 7.92. The average molecular weight is 354 g/mol. The number of rotatable bonds is 6. The summed E-state index contributed by atoms with van der Waals surface area (Å²) in [6.07, 6.45) is 2.45. The van der Waals surface area contributed by atoms with Gasteiger partial charge >= 0.3 is 0 Å². The predicted octanol–water partition coefficient (Wildman–Crippen LogP) is 0.239. The van der Waals surface area contributed by atoms with E-state index >= 15 is 0 Å². The van der Waals surface area contributed by atoms with Crippen molar-refractivity contribution < 1.29 is 18.1 Å². The maximum Gasteiger partial charge on any atom is 0.287 e. The molecule has 0 N–H and O–H groups in total. The van der Waals surface area contributed by atoms with E-state index in [2.05, 4.69) is 11.6 Å². The van der Waals surface area contributed by atoms with Gasteiger partial charge in [0.05, 0.1) is 10.7 Å². The first-order valence-corrected chi connectivity index (χ1v) is 9.09. The number of amides is 1. The summed E-state index contributed by atoms with van der Waals surface area (Å²) < 4.78 is 23.3. The normalized spacial score (nSPS) is 15.2. The minimum atomic E-state index is -3.46. The second-order valence-electron chi connectivity index (χ2n) is 5.34. The first-order valence-electron chi connectivity index (χ1n) is 7.27. The highest BCUT2D eigenvalue weighted by Gasteiger charge is 2.25. The molecule has 0 radical (unpaired) electrons. The second-order valence-corrected chi connectivity index (χ2v) is 7.45. The third-order valence-corrected chi connectivity index (χ3v) is 5.04. The molecule has 0 saturated carbocycles. The Hall–Kier alpha value is -2.49. The number of piperazine rings is 1. The second kappa shape index (κ2) is 7.39. The number of anilines is 1. The van der Waals surface area contributed by atoms with E-state index in [1.807, 2.05) is 4.90 Å². The van der Waals surface area contributed by atoms with Gasteiger partial charge in [-0.15, -0.1) is 6.58 Å². The van der Waals surface area contributed by atoms with Gasteiger partial charge in [-0.25, -0.2) is 13.4 Å². The Balaban J connectivity index is 1.92. The van der Waals surface area contributed by atoms with Crippen LogP contribution in [0.5, 0.6) is 0 Å². The van der Waals surface area contributed by atoms with Gasteiger partial charge in [0.25, 0.3) is 5.69 Å². The molecular weight excluding hydrogens is 336 g/mol. The third kappa shape index (κ3) is 4.51. The van der Waals surface area contributed by atoms with Crippen LogP contribution < -0.4 is 4.90 Å². The monoisotopic (exact) mass is 354 g/mol. The van der Waals surface area contributed by atoms with E-state index in [9.17, 15) is 23.3 Å². The van der Waals surface area contributed by atoms with Gasteiger partial charge in [0.15, 0.2) is 9.84 Å². The van der Waals surface area contributed by atoms with Crippen LogP contribution in [0.15, 0.2) is 31.0 Å². The van der Waals surface area contributed by atoms with Crippen LogP contribution in [0.1, 0.15) is 0 Å². The molecule has 2 rings (SSSR count). The highest BCUT2D eigenvalue weighted by atomic mass is 32.2. The fraction of sp³-hybridized carbons (Fsp3) is 0.429. The van der Waals surface area contributed by atoms with Gasteiger partial charge in [-0.05, 0) is 6.07 Å². The zero-order valence-corrected chi connectivity index (χ0v) is 13.8. The fourth-order valence-electron chi connectivity index (χ4n) is 2.38. The average Bonchev–Trinajstić information content (AvgIpc) is 2.54. The topological polar surface area (TPSA) is 114 Å². The smallest absolute Gasteiger partial charge is 0.287 e. The Labute approximate surface area is 139 Å². The molecular formula is C14H18N4O5S. The maximum absolute atomic E-state index is 12.1. The summed E-state index contributed by atoms with van der Waals surface area (Å²) in [5, 5.41) is 10.6. The summed E-state index contributed by atoms with van der Waals surface area (Å²) in [4.78, 5) is 29.6. The zero-order valence-electron chi connectivity index (χ0n) is 13.0. The summed E-state index contributed by atoms with van der Waals surface area (Å²) in [6.45, 7) is 5.09. The lowest BCUT2D eigenvalue weighted by atomic mass is 10.3. The van der Waals surface area contributed by atoms with Crippen LogP contribution in [0.2, 0.25) is 0 Å². The largest absolute Gasteiger partial charge is 0.353 e.